The average Bonchev–Trinajstić information content (AvgIpc) is 2.69. The highest BCUT2D eigenvalue weighted by molar-refractivity contribution is 9.10. The zero-order chi connectivity index (χ0) is 19.2. The predicted octanol–water partition coefficient (Wildman–Crippen LogP) is 4.60. The topological polar surface area (TPSA) is 80.4 Å². The van der Waals surface area contributed by atoms with Crippen molar-refractivity contribution in [1.29, 1.82) is 5.41 Å². The van der Waals surface area contributed by atoms with Crippen molar-refractivity contribution in [2.24, 2.45) is 5.73 Å². The zero-order valence-electron chi connectivity index (χ0n) is 14.9. The van der Waals surface area contributed by atoms with Gasteiger partial charge in [-0.1, -0.05) is 12.1 Å². The zero-order valence-corrected chi connectivity index (χ0v) is 16.5. The molecule has 2 unspecified atom stereocenters. The third-order valence-electron chi connectivity index (χ3n) is 4.49. The molecule has 2 aromatic carbocycles. The van der Waals surface area contributed by atoms with Gasteiger partial charge in [0.05, 0.1) is 16.1 Å². The smallest absolute Gasteiger partial charge is 0.144 e. The molecule has 1 heterocycles. The molecule has 7 heteroatoms. The van der Waals surface area contributed by atoms with Gasteiger partial charge in [0.25, 0.3) is 0 Å². The van der Waals surface area contributed by atoms with Crippen LogP contribution in [0.25, 0.3) is 0 Å². The van der Waals surface area contributed by atoms with Gasteiger partial charge in [0.1, 0.15) is 24.4 Å². The second kappa shape index (κ2) is 9.30. The molecule has 0 bridgehead atoms. The van der Waals surface area contributed by atoms with Crippen molar-refractivity contribution in [3.8, 4) is 5.75 Å². The van der Waals surface area contributed by atoms with Gasteiger partial charge in [-0.2, -0.15) is 0 Å². The summed E-state index contributed by atoms with van der Waals surface area (Å²) >= 11 is 3.49. The Hall–Kier alpha value is -1.96. The van der Waals surface area contributed by atoms with Gasteiger partial charge in [-0.25, -0.2) is 4.39 Å². The molecule has 0 saturated carbocycles. The summed E-state index contributed by atoms with van der Waals surface area (Å²) in [5.41, 5.74) is 8.36. The molecule has 2 aromatic rings. The van der Waals surface area contributed by atoms with E-state index in [1.165, 1.54) is 18.3 Å². The fourth-order valence-corrected chi connectivity index (χ4v) is 3.46. The minimum atomic E-state index is -0.408. The highest BCUT2D eigenvalue weighted by Gasteiger charge is 2.18. The van der Waals surface area contributed by atoms with Gasteiger partial charge in [-0.05, 0) is 65.0 Å². The lowest BCUT2D eigenvalue weighted by atomic mass is 10.1. The fourth-order valence-electron chi connectivity index (χ4n) is 3.00. The van der Waals surface area contributed by atoms with E-state index in [2.05, 4.69) is 21.2 Å². The van der Waals surface area contributed by atoms with Crippen LogP contribution in [0.4, 0.5) is 10.1 Å². The molecule has 0 radical (unpaired) electrons. The molecule has 27 heavy (non-hydrogen) atoms. The molecule has 3 rings (SSSR count). The number of hydrogen-bond acceptors (Lipinski definition) is 5. The Bertz CT molecular complexity index is 780. The summed E-state index contributed by atoms with van der Waals surface area (Å²) in [7, 11) is 0. The number of hydrogen-bond donors (Lipinski definition) is 3. The van der Waals surface area contributed by atoms with Gasteiger partial charge in [-0.15, -0.1) is 0 Å². The van der Waals surface area contributed by atoms with E-state index in [0.29, 0.717) is 11.3 Å². The molecule has 1 aliphatic rings. The van der Waals surface area contributed by atoms with E-state index in [1.807, 2.05) is 12.1 Å². The average molecular weight is 436 g/mol. The van der Waals surface area contributed by atoms with Crippen LogP contribution in [-0.4, -0.2) is 25.7 Å². The van der Waals surface area contributed by atoms with Crippen LogP contribution in [0, 0.1) is 11.2 Å². The molecule has 0 aromatic heterocycles. The van der Waals surface area contributed by atoms with Crippen LogP contribution in [0.3, 0.4) is 0 Å². The maximum atomic E-state index is 13.1. The molecular formula is C20H23BrFN3O2. The standard InChI is InChI=1S/C20H23BrFN3O2/c21-16-8-9-18(25-19-3-1-2-10-26-19)15(11-23)20(16)27-12-17(24)13-4-6-14(22)7-5-13/h4-9,11,17,19,23,25H,1-3,10,12,24H2. The van der Waals surface area contributed by atoms with Crippen LogP contribution >= 0.6 is 15.9 Å². The minimum Gasteiger partial charge on any atom is -0.490 e. The van der Waals surface area contributed by atoms with E-state index >= 15 is 0 Å². The Morgan fingerprint density at radius 1 is 1.30 bits per heavy atom. The third kappa shape index (κ3) is 5.06. The van der Waals surface area contributed by atoms with Gasteiger partial charge in [0.2, 0.25) is 0 Å². The van der Waals surface area contributed by atoms with Crippen molar-refractivity contribution in [2.75, 3.05) is 18.5 Å². The Labute approximate surface area is 166 Å². The predicted molar refractivity (Wildman–Crippen MR) is 108 cm³/mol. The summed E-state index contributed by atoms with van der Waals surface area (Å²) in [6.07, 6.45) is 4.32. The number of ether oxygens (including phenoxy) is 2. The van der Waals surface area contributed by atoms with E-state index in [-0.39, 0.29) is 18.7 Å². The number of rotatable bonds is 7. The van der Waals surface area contributed by atoms with Crippen molar-refractivity contribution in [3.63, 3.8) is 0 Å². The molecule has 2 atom stereocenters. The lowest BCUT2D eigenvalue weighted by molar-refractivity contribution is 0.0343. The lowest BCUT2D eigenvalue weighted by Crippen LogP contribution is -2.27. The van der Waals surface area contributed by atoms with Crippen molar-refractivity contribution in [2.45, 2.75) is 31.5 Å². The maximum Gasteiger partial charge on any atom is 0.144 e. The number of anilines is 1. The minimum absolute atomic E-state index is 0.0621. The quantitative estimate of drug-likeness (QED) is 0.554. The summed E-state index contributed by atoms with van der Waals surface area (Å²) in [5, 5.41) is 11.2. The molecule has 1 aliphatic heterocycles. The first-order valence-electron chi connectivity index (χ1n) is 8.93. The van der Waals surface area contributed by atoms with Crippen molar-refractivity contribution in [1.82, 2.24) is 0 Å². The summed E-state index contributed by atoms with van der Waals surface area (Å²) < 4.78 is 25.5. The maximum absolute atomic E-state index is 13.1. The van der Waals surface area contributed by atoms with Crippen molar-refractivity contribution in [3.05, 3.63) is 57.8 Å². The molecule has 1 fully saturated rings. The molecule has 5 nitrogen and oxygen atoms in total. The van der Waals surface area contributed by atoms with E-state index in [0.717, 1.165) is 41.6 Å². The van der Waals surface area contributed by atoms with Gasteiger partial charge in [0.15, 0.2) is 0 Å². The Morgan fingerprint density at radius 3 is 2.74 bits per heavy atom. The first-order chi connectivity index (χ1) is 13.1. The van der Waals surface area contributed by atoms with Crippen LogP contribution in [0.5, 0.6) is 5.75 Å². The highest BCUT2D eigenvalue weighted by Crippen LogP contribution is 2.35. The second-order valence-corrected chi connectivity index (χ2v) is 7.31. The summed E-state index contributed by atoms with van der Waals surface area (Å²) in [4.78, 5) is 0. The number of nitrogens with two attached hydrogens (primary N) is 1. The molecule has 1 saturated heterocycles. The van der Waals surface area contributed by atoms with E-state index in [4.69, 9.17) is 20.6 Å². The Balaban J connectivity index is 1.74. The summed E-state index contributed by atoms with van der Waals surface area (Å²) in [6, 6.07) is 9.41. The SMILES string of the molecule is N=Cc1c(NC2CCCCO2)ccc(Br)c1OCC(N)c1ccc(F)cc1. The van der Waals surface area contributed by atoms with Crippen LogP contribution in [-0.2, 0) is 4.74 Å². The second-order valence-electron chi connectivity index (χ2n) is 6.45. The highest BCUT2D eigenvalue weighted by atomic mass is 79.9. The third-order valence-corrected chi connectivity index (χ3v) is 5.12. The van der Waals surface area contributed by atoms with Gasteiger partial charge < -0.3 is 25.9 Å². The molecular weight excluding hydrogens is 413 g/mol. The number of nitrogens with one attached hydrogen (secondary N) is 2. The Morgan fingerprint density at radius 2 is 2.07 bits per heavy atom. The summed E-state index contributed by atoms with van der Waals surface area (Å²) in [6.45, 7) is 0.943. The fraction of sp³-hybridized carbons (Fsp3) is 0.350. The molecule has 0 amide bonds. The number of halogens is 2. The first-order valence-corrected chi connectivity index (χ1v) is 9.72. The molecule has 0 aliphatic carbocycles. The molecule has 4 N–H and O–H groups in total. The monoisotopic (exact) mass is 435 g/mol. The largest absolute Gasteiger partial charge is 0.490 e. The van der Waals surface area contributed by atoms with Crippen LogP contribution in [0.2, 0.25) is 0 Å². The van der Waals surface area contributed by atoms with E-state index in [1.54, 1.807) is 12.1 Å². The molecule has 0 spiro atoms. The van der Waals surface area contributed by atoms with Crippen molar-refractivity contribution >= 4 is 27.8 Å². The van der Waals surface area contributed by atoms with E-state index in [9.17, 15) is 4.39 Å². The normalized spacial score (nSPS) is 18.0. The van der Waals surface area contributed by atoms with Gasteiger partial charge >= 0.3 is 0 Å². The molecule has 144 valence electrons. The van der Waals surface area contributed by atoms with E-state index < -0.39 is 6.04 Å². The number of benzene rings is 2. The van der Waals surface area contributed by atoms with Gasteiger partial charge in [-0.3, -0.25) is 0 Å². The van der Waals surface area contributed by atoms with Crippen LogP contribution in [0.1, 0.15) is 36.4 Å². The summed E-state index contributed by atoms with van der Waals surface area (Å²) in [5.74, 6) is 0.243. The van der Waals surface area contributed by atoms with Crippen LogP contribution < -0.4 is 15.8 Å². The van der Waals surface area contributed by atoms with Crippen molar-refractivity contribution < 1.29 is 13.9 Å². The lowest BCUT2D eigenvalue weighted by Gasteiger charge is -2.26. The Kier molecular flexibility index (Phi) is 6.82. The first kappa shape index (κ1) is 19.8. The van der Waals surface area contributed by atoms with Crippen LogP contribution in [0.15, 0.2) is 40.9 Å². The van der Waals surface area contributed by atoms with Gasteiger partial charge in [0, 0.05) is 18.5 Å².